The first-order valence-corrected chi connectivity index (χ1v) is 16.4. The van der Waals surface area contributed by atoms with E-state index in [1.807, 2.05) is 0 Å². The summed E-state index contributed by atoms with van der Waals surface area (Å²) in [6.07, 6.45) is 0. The number of furan rings is 1. The average molecular weight is 614 g/mol. The number of nitrogens with zero attached hydrogens (tertiary/aromatic N) is 1. The van der Waals surface area contributed by atoms with E-state index in [9.17, 15) is 0 Å². The zero-order chi connectivity index (χ0) is 31.9. The fourth-order valence-corrected chi connectivity index (χ4v) is 6.94. The topological polar surface area (TPSA) is 16.4 Å². The van der Waals surface area contributed by atoms with Crippen LogP contribution in [0.2, 0.25) is 0 Å². The molecule has 226 valence electrons. The Kier molecular flexibility index (Phi) is 6.84. The molecule has 0 aliphatic rings. The van der Waals surface area contributed by atoms with Gasteiger partial charge >= 0.3 is 0 Å². The van der Waals surface area contributed by atoms with Gasteiger partial charge in [0.1, 0.15) is 5.58 Å². The molecular formula is C46H31NO. The zero-order valence-electron chi connectivity index (χ0n) is 26.3. The van der Waals surface area contributed by atoms with E-state index in [1.54, 1.807) is 0 Å². The lowest BCUT2D eigenvalue weighted by Crippen LogP contribution is -2.11. The predicted molar refractivity (Wildman–Crippen MR) is 202 cm³/mol. The number of anilines is 3. The highest BCUT2D eigenvalue weighted by Gasteiger charge is 2.24. The number of rotatable bonds is 6. The third kappa shape index (κ3) is 4.83. The van der Waals surface area contributed by atoms with Crippen LogP contribution in [-0.4, -0.2) is 0 Å². The molecule has 0 fully saturated rings. The maximum Gasteiger partial charge on any atom is 0.160 e. The normalized spacial score (nSPS) is 11.3. The van der Waals surface area contributed by atoms with E-state index in [4.69, 9.17) is 4.42 Å². The molecule has 0 unspecified atom stereocenters. The van der Waals surface area contributed by atoms with E-state index in [0.717, 1.165) is 50.1 Å². The first-order valence-electron chi connectivity index (χ1n) is 16.4. The fraction of sp³-hybridized carbons (Fsp3) is 0. The van der Waals surface area contributed by atoms with Crippen LogP contribution in [0.3, 0.4) is 0 Å². The van der Waals surface area contributed by atoms with E-state index >= 15 is 0 Å². The zero-order valence-corrected chi connectivity index (χ0v) is 26.3. The Bertz CT molecular complexity index is 2430. The van der Waals surface area contributed by atoms with Crippen molar-refractivity contribution in [2.45, 2.75) is 0 Å². The lowest BCUT2D eigenvalue weighted by molar-refractivity contribution is 0.669. The van der Waals surface area contributed by atoms with Crippen LogP contribution in [0.4, 0.5) is 17.1 Å². The van der Waals surface area contributed by atoms with Crippen molar-refractivity contribution in [2.24, 2.45) is 0 Å². The van der Waals surface area contributed by atoms with Gasteiger partial charge in [0.15, 0.2) is 5.58 Å². The van der Waals surface area contributed by atoms with Gasteiger partial charge in [-0.1, -0.05) is 152 Å². The summed E-state index contributed by atoms with van der Waals surface area (Å²) in [6.45, 7) is 0. The Balaban J connectivity index is 1.32. The first kappa shape index (κ1) is 27.9. The van der Waals surface area contributed by atoms with E-state index in [1.165, 1.54) is 33.0 Å². The summed E-state index contributed by atoms with van der Waals surface area (Å²) >= 11 is 0. The molecule has 0 amide bonds. The molecule has 0 N–H and O–H groups in total. The molecule has 48 heavy (non-hydrogen) atoms. The van der Waals surface area contributed by atoms with Crippen LogP contribution in [0, 0.1) is 0 Å². The maximum absolute atomic E-state index is 6.92. The van der Waals surface area contributed by atoms with Gasteiger partial charge in [-0.3, -0.25) is 0 Å². The smallest absolute Gasteiger partial charge is 0.160 e. The predicted octanol–water partition coefficient (Wildman–Crippen LogP) is 13.2. The van der Waals surface area contributed by atoms with Crippen LogP contribution in [0.5, 0.6) is 0 Å². The van der Waals surface area contributed by atoms with Crippen LogP contribution >= 0.6 is 0 Å². The van der Waals surface area contributed by atoms with E-state index in [-0.39, 0.29) is 0 Å². The summed E-state index contributed by atoms with van der Waals surface area (Å²) < 4.78 is 6.92. The quantitative estimate of drug-likeness (QED) is 0.185. The second kappa shape index (κ2) is 11.8. The average Bonchev–Trinajstić information content (AvgIpc) is 3.56. The molecule has 0 bridgehead atoms. The number of hydrogen-bond acceptors (Lipinski definition) is 2. The Morgan fingerprint density at radius 1 is 0.354 bits per heavy atom. The molecule has 2 heteroatoms. The van der Waals surface area contributed by atoms with Crippen LogP contribution in [-0.2, 0) is 0 Å². The molecule has 1 aromatic heterocycles. The second-order valence-electron chi connectivity index (χ2n) is 12.1. The van der Waals surface area contributed by atoms with Gasteiger partial charge in [0.05, 0.1) is 5.69 Å². The molecule has 9 rings (SSSR count). The lowest BCUT2D eigenvalue weighted by Gasteiger charge is -2.28. The molecule has 0 spiro atoms. The molecule has 1 heterocycles. The lowest BCUT2D eigenvalue weighted by atomic mass is 9.97. The number of benzene rings is 8. The molecule has 0 aliphatic carbocycles. The largest absolute Gasteiger partial charge is 0.454 e. The SMILES string of the molecule is c1ccc(-c2ccc(N(c3ccc(-c4ccccc4)cc3)c3c(-c4ccccc4)ccc4c3oc3ccc5ccccc5c34)cc2)cc1. The molecule has 0 saturated carbocycles. The van der Waals surface area contributed by atoms with Crippen LogP contribution < -0.4 is 4.90 Å². The summed E-state index contributed by atoms with van der Waals surface area (Å²) in [6, 6.07) is 66.7. The molecule has 0 radical (unpaired) electrons. The standard InChI is InChI=1S/C46H31NO/c1-4-12-32(13-5-1)34-20-25-38(26-21-34)47(39-27-22-35(23-28-39)33-14-6-2-7-15-33)45-41(36-16-8-3-9-17-36)29-30-42-44-40-19-11-10-18-37(40)24-31-43(44)48-46(42)45/h1-31H. The third-order valence-electron chi connectivity index (χ3n) is 9.28. The van der Waals surface area contributed by atoms with E-state index < -0.39 is 0 Å². The van der Waals surface area contributed by atoms with Gasteiger partial charge in [0, 0.05) is 27.7 Å². The third-order valence-corrected chi connectivity index (χ3v) is 9.28. The van der Waals surface area contributed by atoms with Gasteiger partial charge in [0.2, 0.25) is 0 Å². The van der Waals surface area contributed by atoms with Crippen molar-refractivity contribution >= 4 is 49.8 Å². The highest BCUT2D eigenvalue weighted by atomic mass is 16.3. The van der Waals surface area contributed by atoms with Gasteiger partial charge in [-0.15, -0.1) is 0 Å². The molecule has 0 saturated heterocycles. The van der Waals surface area contributed by atoms with Crippen molar-refractivity contribution in [3.63, 3.8) is 0 Å². The minimum absolute atomic E-state index is 0.863. The summed E-state index contributed by atoms with van der Waals surface area (Å²) in [7, 11) is 0. The highest BCUT2D eigenvalue weighted by molar-refractivity contribution is 6.22. The molecular weight excluding hydrogens is 583 g/mol. The summed E-state index contributed by atoms with van der Waals surface area (Å²) in [4.78, 5) is 2.36. The monoisotopic (exact) mass is 613 g/mol. The van der Waals surface area contributed by atoms with E-state index in [2.05, 4.69) is 193 Å². The molecule has 0 atom stereocenters. The Morgan fingerprint density at radius 3 is 1.44 bits per heavy atom. The Hall–Kier alpha value is -6.38. The minimum atomic E-state index is 0.863. The molecule has 8 aromatic carbocycles. The fourth-order valence-electron chi connectivity index (χ4n) is 6.94. The Morgan fingerprint density at radius 2 is 0.854 bits per heavy atom. The second-order valence-corrected chi connectivity index (χ2v) is 12.1. The van der Waals surface area contributed by atoms with E-state index in [0.29, 0.717) is 0 Å². The van der Waals surface area contributed by atoms with Crippen molar-refractivity contribution in [1.82, 2.24) is 0 Å². The van der Waals surface area contributed by atoms with Gasteiger partial charge in [-0.2, -0.15) is 0 Å². The summed E-state index contributed by atoms with van der Waals surface area (Å²) in [5.74, 6) is 0. The van der Waals surface area contributed by atoms with Gasteiger partial charge in [-0.25, -0.2) is 0 Å². The number of hydrogen-bond donors (Lipinski definition) is 0. The van der Waals surface area contributed by atoms with Gasteiger partial charge in [0.25, 0.3) is 0 Å². The van der Waals surface area contributed by atoms with Crippen molar-refractivity contribution < 1.29 is 4.42 Å². The van der Waals surface area contributed by atoms with Crippen molar-refractivity contribution in [1.29, 1.82) is 0 Å². The number of fused-ring (bicyclic) bond motifs is 5. The molecule has 9 aromatic rings. The minimum Gasteiger partial charge on any atom is -0.454 e. The van der Waals surface area contributed by atoms with Crippen LogP contribution in [0.15, 0.2) is 192 Å². The van der Waals surface area contributed by atoms with Gasteiger partial charge < -0.3 is 9.32 Å². The summed E-state index contributed by atoms with van der Waals surface area (Å²) in [5, 5.41) is 4.63. The first-order chi connectivity index (χ1) is 23.8. The Labute approximate surface area is 279 Å². The van der Waals surface area contributed by atoms with Crippen LogP contribution in [0.25, 0.3) is 66.1 Å². The molecule has 0 aliphatic heterocycles. The highest BCUT2D eigenvalue weighted by Crippen LogP contribution is 2.48. The van der Waals surface area contributed by atoms with Crippen molar-refractivity contribution in [3.05, 3.63) is 188 Å². The van der Waals surface area contributed by atoms with Crippen molar-refractivity contribution in [2.75, 3.05) is 4.90 Å². The van der Waals surface area contributed by atoms with Crippen molar-refractivity contribution in [3.8, 4) is 33.4 Å². The summed E-state index contributed by atoms with van der Waals surface area (Å²) in [5.41, 5.74) is 11.8. The maximum atomic E-state index is 6.92. The molecule has 2 nitrogen and oxygen atoms in total. The van der Waals surface area contributed by atoms with Gasteiger partial charge in [-0.05, 0) is 75.0 Å². The van der Waals surface area contributed by atoms with Crippen LogP contribution in [0.1, 0.15) is 0 Å².